The van der Waals surface area contributed by atoms with Crippen molar-refractivity contribution in [1.82, 2.24) is 9.97 Å². The zero-order valence-electron chi connectivity index (χ0n) is 14.3. The van der Waals surface area contributed by atoms with E-state index in [1.54, 1.807) is 0 Å². The largest absolute Gasteiger partial charge is 0.341 e. The third-order valence-corrected chi connectivity index (χ3v) is 8.12. The van der Waals surface area contributed by atoms with Gasteiger partial charge < -0.3 is 4.98 Å². The molecule has 0 aliphatic heterocycles. The lowest BCUT2D eigenvalue weighted by Crippen LogP contribution is -2.09. The second-order valence-corrected chi connectivity index (χ2v) is 9.89. The van der Waals surface area contributed by atoms with Gasteiger partial charge in [-0.05, 0) is 65.5 Å². The van der Waals surface area contributed by atoms with Crippen molar-refractivity contribution in [2.24, 2.45) is 11.8 Å². The maximum Gasteiger partial charge on any atom is 0.109 e. The number of thiophene rings is 1. The van der Waals surface area contributed by atoms with E-state index in [0.29, 0.717) is 5.92 Å². The number of H-pyrrole nitrogens is 1. The average Bonchev–Trinajstić information content (AvgIpc) is 3.42. The summed E-state index contributed by atoms with van der Waals surface area (Å²) in [6, 6.07) is 13.3. The van der Waals surface area contributed by atoms with Crippen molar-refractivity contribution in [1.29, 1.82) is 0 Å². The van der Waals surface area contributed by atoms with E-state index in [9.17, 15) is 0 Å². The summed E-state index contributed by atoms with van der Waals surface area (Å²) >= 11 is 5.45. The molecule has 26 heavy (non-hydrogen) atoms. The summed E-state index contributed by atoms with van der Waals surface area (Å²) in [6.45, 7) is 0. The Bertz CT molecular complexity index is 1140. The number of hydrogen-bond donors (Lipinski definition) is 1. The lowest BCUT2D eigenvalue weighted by molar-refractivity contribution is 0.407. The number of nitrogens with one attached hydrogen (secondary N) is 1. The van der Waals surface area contributed by atoms with Crippen LogP contribution in [-0.2, 0) is 0 Å². The minimum absolute atomic E-state index is 0.662. The standard InChI is InChI=1S/C22H19BrN2S/c23-16-5-6-17-14(9-16)3-4-15-10-20(26-21(15)17)19-11-24-22(25-19)18-8-12-1-2-13(18)7-12/h3-6,9-13,18H,1-2,7-8H2,(H,24,25)/t12-,13+,18+/m1/s1. The predicted molar refractivity (Wildman–Crippen MR) is 113 cm³/mol. The highest BCUT2D eigenvalue weighted by atomic mass is 79.9. The Hall–Kier alpha value is -1.65. The van der Waals surface area contributed by atoms with Gasteiger partial charge in [-0.2, -0.15) is 0 Å². The Balaban J connectivity index is 1.42. The summed E-state index contributed by atoms with van der Waals surface area (Å²) in [6.07, 6.45) is 7.64. The molecular weight excluding hydrogens is 404 g/mol. The molecule has 130 valence electrons. The van der Waals surface area contributed by atoms with Crippen LogP contribution in [-0.4, -0.2) is 9.97 Å². The summed E-state index contributed by atoms with van der Waals surface area (Å²) in [5.41, 5.74) is 1.18. The van der Waals surface area contributed by atoms with E-state index in [-0.39, 0.29) is 0 Å². The number of halogens is 1. The maximum absolute atomic E-state index is 4.78. The molecule has 2 aromatic heterocycles. The summed E-state index contributed by atoms with van der Waals surface area (Å²) in [4.78, 5) is 9.74. The highest BCUT2D eigenvalue weighted by molar-refractivity contribution is 9.10. The summed E-state index contributed by atoms with van der Waals surface area (Å²) < 4.78 is 2.49. The SMILES string of the molecule is Brc1ccc2c(ccc3cc(-c4cnc([C@H]5C[C@@H]6CC[C@H]5C6)[nH]4)sc32)c1. The molecule has 2 aliphatic rings. The number of aromatic nitrogens is 2. The van der Waals surface area contributed by atoms with Gasteiger partial charge in [-0.3, -0.25) is 0 Å². The van der Waals surface area contributed by atoms with Crippen LogP contribution in [0.3, 0.4) is 0 Å². The van der Waals surface area contributed by atoms with E-state index in [1.807, 2.05) is 17.5 Å². The van der Waals surface area contributed by atoms with Gasteiger partial charge >= 0.3 is 0 Å². The first kappa shape index (κ1) is 15.4. The van der Waals surface area contributed by atoms with Gasteiger partial charge in [0.2, 0.25) is 0 Å². The maximum atomic E-state index is 4.78. The fourth-order valence-electron chi connectivity index (χ4n) is 5.16. The van der Waals surface area contributed by atoms with Crippen LogP contribution in [0.15, 0.2) is 47.1 Å². The van der Waals surface area contributed by atoms with Crippen LogP contribution >= 0.6 is 27.3 Å². The number of rotatable bonds is 2. The molecule has 2 bridgehead atoms. The molecule has 0 radical (unpaired) electrons. The second-order valence-electron chi connectivity index (χ2n) is 7.92. The molecule has 2 aliphatic carbocycles. The molecule has 2 fully saturated rings. The predicted octanol–water partition coefficient (Wildman–Crippen LogP) is 7.11. The molecule has 0 unspecified atom stereocenters. The van der Waals surface area contributed by atoms with E-state index in [4.69, 9.17) is 4.98 Å². The van der Waals surface area contributed by atoms with E-state index < -0.39 is 0 Å². The molecule has 2 heterocycles. The van der Waals surface area contributed by atoms with Crippen LogP contribution in [0.2, 0.25) is 0 Å². The number of benzene rings is 2. The normalized spacial score (nSPS) is 24.9. The molecule has 3 atom stereocenters. The zero-order chi connectivity index (χ0) is 17.3. The van der Waals surface area contributed by atoms with Crippen LogP contribution in [0.5, 0.6) is 0 Å². The zero-order valence-corrected chi connectivity index (χ0v) is 16.7. The number of fused-ring (bicyclic) bond motifs is 5. The first-order valence-electron chi connectivity index (χ1n) is 9.42. The van der Waals surface area contributed by atoms with E-state index in [1.165, 1.54) is 62.9 Å². The molecule has 0 saturated heterocycles. The van der Waals surface area contributed by atoms with Gasteiger partial charge in [-0.1, -0.05) is 40.5 Å². The third kappa shape index (κ3) is 2.31. The molecule has 6 rings (SSSR count). The molecule has 2 aromatic carbocycles. The number of aromatic amines is 1. The van der Waals surface area contributed by atoms with Gasteiger partial charge in [0.25, 0.3) is 0 Å². The van der Waals surface area contributed by atoms with Gasteiger partial charge in [-0.25, -0.2) is 4.98 Å². The number of imidazole rings is 1. The van der Waals surface area contributed by atoms with Gasteiger partial charge in [0, 0.05) is 15.1 Å². The van der Waals surface area contributed by atoms with Gasteiger partial charge in [0.15, 0.2) is 0 Å². The summed E-state index contributed by atoms with van der Waals surface area (Å²) in [7, 11) is 0. The lowest BCUT2D eigenvalue weighted by Gasteiger charge is -2.19. The van der Waals surface area contributed by atoms with Crippen molar-refractivity contribution in [2.45, 2.75) is 31.6 Å². The molecule has 2 saturated carbocycles. The first-order chi connectivity index (χ1) is 12.7. The highest BCUT2D eigenvalue weighted by Gasteiger charge is 2.41. The Kier molecular flexibility index (Phi) is 3.36. The fourth-order valence-corrected chi connectivity index (χ4v) is 6.70. The van der Waals surface area contributed by atoms with Crippen LogP contribution in [0.4, 0.5) is 0 Å². The molecule has 4 aromatic rings. The van der Waals surface area contributed by atoms with Crippen molar-refractivity contribution in [3.8, 4) is 10.6 Å². The molecule has 0 amide bonds. The van der Waals surface area contributed by atoms with Gasteiger partial charge in [0.05, 0.1) is 16.8 Å². The molecule has 1 N–H and O–H groups in total. The van der Waals surface area contributed by atoms with Crippen LogP contribution in [0.25, 0.3) is 31.4 Å². The van der Waals surface area contributed by atoms with Crippen molar-refractivity contribution < 1.29 is 0 Å². The Morgan fingerprint density at radius 1 is 1.04 bits per heavy atom. The van der Waals surface area contributed by atoms with Crippen molar-refractivity contribution in [3.63, 3.8) is 0 Å². The minimum atomic E-state index is 0.662. The molecule has 4 heteroatoms. The van der Waals surface area contributed by atoms with Crippen molar-refractivity contribution >= 4 is 48.1 Å². The van der Waals surface area contributed by atoms with Crippen LogP contribution < -0.4 is 0 Å². The number of hydrogen-bond acceptors (Lipinski definition) is 2. The van der Waals surface area contributed by atoms with E-state index in [2.05, 4.69) is 57.3 Å². The fraction of sp³-hybridized carbons (Fsp3) is 0.318. The first-order valence-corrected chi connectivity index (χ1v) is 11.0. The summed E-state index contributed by atoms with van der Waals surface area (Å²) in [5.74, 6) is 3.70. The second kappa shape index (κ2) is 5.67. The quantitative estimate of drug-likeness (QED) is 0.366. The number of nitrogens with zero attached hydrogens (tertiary/aromatic N) is 1. The Morgan fingerprint density at radius 2 is 1.96 bits per heavy atom. The Morgan fingerprint density at radius 3 is 2.81 bits per heavy atom. The average molecular weight is 423 g/mol. The lowest BCUT2D eigenvalue weighted by atomic mass is 9.88. The molecule has 2 nitrogen and oxygen atoms in total. The Labute approximate surface area is 164 Å². The van der Waals surface area contributed by atoms with Crippen LogP contribution in [0.1, 0.15) is 37.4 Å². The summed E-state index contributed by atoms with van der Waals surface area (Å²) in [5, 5.41) is 3.93. The minimum Gasteiger partial charge on any atom is -0.341 e. The van der Waals surface area contributed by atoms with Gasteiger partial charge in [0.1, 0.15) is 5.82 Å². The molecular formula is C22H19BrN2S. The van der Waals surface area contributed by atoms with E-state index >= 15 is 0 Å². The monoisotopic (exact) mass is 422 g/mol. The van der Waals surface area contributed by atoms with Crippen molar-refractivity contribution in [2.75, 3.05) is 0 Å². The van der Waals surface area contributed by atoms with Gasteiger partial charge in [-0.15, -0.1) is 11.3 Å². The third-order valence-electron chi connectivity index (χ3n) is 6.41. The van der Waals surface area contributed by atoms with E-state index in [0.717, 1.165) is 16.3 Å². The molecule has 0 spiro atoms. The van der Waals surface area contributed by atoms with Crippen molar-refractivity contribution in [3.05, 3.63) is 52.9 Å². The topological polar surface area (TPSA) is 28.7 Å². The van der Waals surface area contributed by atoms with Crippen LogP contribution in [0, 0.1) is 11.8 Å². The smallest absolute Gasteiger partial charge is 0.109 e. The highest BCUT2D eigenvalue weighted by Crippen LogP contribution is 2.52.